The first-order chi connectivity index (χ1) is 6.68. The number of hydrogen-bond acceptors (Lipinski definition) is 2. The molecule has 0 aliphatic heterocycles. The van der Waals surface area contributed by atoms with Crippen molar-refractivity contribution in [2.75, 3.05) is 0 Å². The van der Waals surface area contributed by atoms with E-state index in [0.717, 1.165) is 5.56 Å². The van der Waals surface area contributed by atoms with Crippen molar-refractivity contribution in [2.24, 2.45) is 4.99 Å². The van der Waals surface area contributed by atoms with E-state index in [9.17, 15) is 4.79 Å². The molecule has 0 atom stereocenters. The van der Waals surface area contributed by atoms with E-state index in [1.165, 1.54) is 6.92 Å². The number of hydrogen-bond donors (Lipinski definition) is 1. The summed E-state index contributed by atoms with van der Waals surface area (Å²) in [4.78, 5) is 14.8. The molecule has 1 rings (SSSR count). The normalized spacial score (nSPS) is 11.1. The van der Waals surface area contributed by atoms with E-state index in [2.05, 4.69) is 26.3 Å². The van der Waals surface area contributed by atoms with E-state index in [0.29, 0.717) is 11.3 Å². The van der Waals surface area contributed by atoms with Gasteiger partial charge in [0.1, 0.15) is 0 Å². The Morgan fingerprint density at radius 2 is 2.07 bits per heavy atom. The molecule has 73 valence electrons. The van der Waals surface area contributed by atoms with Crippen LogP contribution in [0.3, 0.4) is 0 Å². The summed E-state index contributed by atoms with van der Waals surface area (Å²) in [6, 6.07) is 9.86. The van der Waals surface area contributed by atoms with Crippen molar-refractivity contribution in [3.8, 4) is 0 Å². The summed E-state index contributed by atoms with van der Waals surface area (Å²) in [7, 11) is 0. The fourth-order valence-electron chi connectivity index (χ4n) is 0.937. The van der Waals surface area contributed by atoms with Crippen LogP contribution in [0.1, 0.15) is 12.5 Å². The summed E-state index contributed by atoms with van der Waals surface area (Å²) in [5.74, 6) is -0.115. The van der Waals surface area contributed by atoms with Gasteiger partial charge in [-0.1, -0.05) is 0 Å². The van der Waals surface area contributed by atoms with Gasteiger partial charge in [0.2, 0.25) is 0 Å². The van der Waals surface area contributed by atoms with Crippen LogP contribution >= 0.6 is 0 Å². The van der Waals surface area contributed by atoms with Gasteiger partial charge in [-0.2, -0.15) is 0 Å². The molecule has 0 saturated heterocycles. The van der Waals surface area contributed by atoms with Gasteiger partial charge in [-0.05, 0) is 0 Å². The zero-order valence-electron chi connectivity index (χ0n) is 7.86. The van der Waals surface area contributed by atoms with Gasteiger partial charge in [-0.15, -0.1) is 0 Å². The Morgan fingerprint density at radius 1 is 1.43 bits per heavy atom. The second kappa shape index (κ2) is 5.58. The van der Waals surface area contributed by atoms with E-state index in [4.69, 9.17) is 0 Å². The molecule has 0 bridgehead atoms. The molecule has 1 radical (unpaired) electrons. The van der Waals surface area contributed by atoms with Crippen LogP contribution < -0.4 is 5.32 Å². The van der Waals surface area contributed by atoms with Crippen molar-refractivity contribution >= 4 is 26.7 Å². The van der Waals surface area contributed by atoms with Gasteiger partial charge in [-0.25, -0.2) is 0 Å². The maximum absolute atomic E-state index is 10.7. The summed E-state index contributed by atoms with van der Waals surface area (Å²) in [5.41, 5.74) is 1.12. The quantitative estimate of drug-likeness (QED) is 0.474. The van der Waals surface area contributed by atoms with Crippen LogP contribution in [0, 0.1) is 0 Å². The van der Waals surface area contributed by atoms with Crippen molar-refractivity contribution in [3.63, 3.8) is 0 Å². The number of nitrogens with zero attached hydrogens (tertiary/aromatic N) is 1. The number of benzene rings is 1. The van der Waals surface area contributed by atoms with Gasteiger partial charge >= 0.3 is 91.1 Å². The Morgan fingerprint density at radius 3 is 2.64 bits per heavy atom. The third kappa shape index (κ3) is 4.21. The SMILES string of the molecule is CC(=O)NC([Se])=NCc1ccccc1. The van der Waals surface area contributed by atoms with E-state index < -0.39 is 0 Å². The van der Waals surface area contributed by atoms with Gasteiger partial charge < -0.3 is 0 Å². The summed E-state index contributed by atoms with van der Waals surface area (Å²) in [6.07, 6.45) is 0. The van der Waals surface area contributed by atoms with Crippen LogP contribution in [-0.4, -0.2) is 26.7 Å². The number of carbonyl (C=O) groups is 1. The van der Waals surface area contributed by atoms with Gasteiger partial charge in [0, 0.05) is 0 Å². The summed E-state index contributed by atoms with van der Waals surface area (Å²) < 4.78 is 0.529. The van der Waals surface area contributed by atoms with Gasteiger partial charge in [0.05, 0.1) is 0 Å². The molecular formula is C10H11N2OSe. The predicted molar refractivity (Wildman–Crippen MR) is 57.2 cm³/mol. The summed E-state index contributed by atoms with van der Waals surface area (Å²) >= 11 is 2.70. The van der Waals surface area contributed by atoms with Crippen LogP contribution in [0.5, 0.6) is 0 Å². The number of nitrogens with one attached hydrogen (secondary N) is 1. The Kier molecular flexibility index (Phi) is 4.36. The fourth-order valence-corrected chi connectivity index (χ4v) is 1.37. The van der Waals surface area contributed by atoms with Crippen LogP contribution in [-0.2, 0) is 11.3 Å². The molecule has 3 nitrogen and oxygen atoms in total. The molecule has 1 aromatic carbocycles. The molecule has 4 heteroatoms. The average molecular weight is 254 g/mol. The van der Waals surface area contributed by atoms with Crippen molar-refractivity contribution in [2.45, 2.75) is 13.5 Å². The van der Waals surface area contributed by atoms with E-state index in [1.54, 1.807) is 0 Å². The van der Waals surface area contributed by atoms with Crippen LogP contribution in [0.2, 0.25) is 0 Å². The molecule has 1 N–H and O–H groups in total. The van der Waals surface area contributed by atoms with Crippen molar-refractivity contribution in [3.05, 3.63) is 35.9 Å². The van der Waals surface area contributed by atoms with Crippen LogP contribution in [0.25, 0.3) is 0 Å². The van der Waals surface area contributed by atoms with Crippen molar-refractivity contribution < 1.29 is 4.79 Å². The Balaban J connectivity index is 2.51. The predicted octanol–water partition coefficient (Wildman–Crippen LogP) is 0.847. The topological polar surface area (TPSA) is 41.5 Å². The molecule has 0 aliphatic rings. The molecule has 0 saturated carbocycles. The first kappa shape index (κ1) is 11.0. The first-order valence-corrected chi connectivity index (χ1v) is 5.07. The Hall–Kier alpha value is -1.12. The third-order valence-electron chi connectivity index (χ3n) is 1.53. The third-order valence-corrected chi connectivity index (χ3v) is 2.02. The molecule has 0 aliphatic carbocycles. The molecule has 14 heavy (non-hydrogen) atoms. The van der Waals surface area contributed by atoms with Gasteiger partial charge in [-0.3, -0.25) is 0 Å². The van der Waals surface area contributed by atoms with E-state index >= 15 is 0 Å². The van der Waals surface area contributed by atoms with Crippen LogP contribution in [0.4, 0.5) is 0 Å². The second-order valence-electron chi connectivity index (χ2n) is 2.79. The Bertz CT molecular complexity index is 335. The minimum absolute atomic E-state index is 0.115. The molecule has 0 heterocycles. The molecule has 0 fully saturated rings. The van der Waals surface area contributed by atoms with E-state index in [-0.39, 0.29) is 5.91 Å². The van der Waals surface area contributed by atoms with Gasteiger partial charge in [0.15, 0.2) is 0 Å². The Labute approximate surface area is 91.4 Å². The number of aliphatic imine (C=N–C) groups is 1. The number of rotatable bonds is 2. The number of amidine groups is 1. The minimum atomic E-state index is -0.115. The monoisotopic (exact) mass is 255 g/mol. The molecule has 0 unspecified atom stereocenters. The van der Waals surface area contributed by atoms with E-state index in [1.807, 2.05) is 30.3 Å². The molecule has 1 aromatic rings. The fraction of sp³-hybridized carbons (Fsp3) is 0.200. The molecule has 0 spiro atoms. The maximum atomic E-state index is 10.7. The zero-order valence-corrected chi connectivity index (χ0v) is 9.57. The average Bonchev–Trinajstić information content (AvgIpc) is 2.15. The standard InChI is InChI=1S/C10H11N2OSe/c1-8(13)12-10(14)11-7-9-5-3-2-4-6-9/h2-6H,7H2,1H3,(H,11,12,13). The van der Waals surface area contributed by atoms with Gasteiger partial charge in [0.25, 0.3) is 0 Å². The van der Waals surface area contributed by atoms with Crippen molar-refractivity contribution in [1.82, 2.24) is 5.32 Å². The summed E-state index contributed by atoms with van der Waals surface area (Å²) in [5, 5.41) is 2.57. The summed E-state index contributed by atoms with van der Waals surface area (Å²) in [6.45, 7) is 2.03. The molecule has 0 aromatic heterocycles. The second-order valence-corrected chi connectivity index (χ2v) is 3.60. The first-order valence-electron chi connectivity index (χ1n) is 4.21. The number of carbonyl (C=O) groups excluding carboxylic acids is 1. The van der Waals surface area contributed by atoms with Crippen LogP contribution in [0.15, 0.2) is 35.3 Å². The zero-order chi connectivity index (χ0) is 10.4. The molecular weight excluding hydrogens is 243 g/mol. The number of amides is 1. The van der Waals surface area contributed by atoms with Crippen molar-refractivity contribution in [1.29, 1.82) is 0 Å². The molecule has 1 amide bonds.